The lowest BCUT2D eigenvalue weighted by Crippen LogP contribution is -2.26. The zero-order valence-electron chi connectivity index (χ0n) is 10.7. The Labute approximate surface area is 117 Å². The van der Waals surface area contributed by atoms with Gasteiger partial charge in [0.2, 0.25) is 10.0 Å². The monoisotopic (exact) mass is 296 g/mol. The van der Waals surface area contributed by atoms with Crippen LogP contribution in [0.15, 0.2) is 35.2 Å². The molecule has 2 heterocycles. The quantitative estimate of drug-likeness (QED) is 0.891. The molecule has 0 fully saturated rings. The predicted molar refractivity (Wildman–Crippen MR) is 78.5 cm³/mol. The molecule has 0 radical (unpaired) electrons. The third-order valence-corrected chi connectivity index (χ3v) is 4.85. The van der Waals surface area contributed by atoms with Gasteiger partial charge in [0.25, 0.3) is 0 Å². The maximum atomic E-state index is 11.7. The van der Waals surface area contributed by atoms with Crippen molar-refractivity contribution >= 4 is 21.4 Å². The van der Waals surface area contributed by atoms with Crippen molar-refractivity contribution < 1.29 is 8.42 Å². The van der Waals surface area contributed by atoms with E-state index in [-0.39, 0.29) is 12.3 Å². The van der Waals surface area contributed by atoms with Gasteiger partial charge in [-0.2, -0.15) is 11.3 Å². The van der Waals surface area contributed by atoms with E-state index in [9.17, 15) is 8.42 Å². The Balaban J connectivity index is 2.18. The molecule has 0 saturated carbocycles. The van der Waals surface area contributed by atoms with E-state index >= 15 is 0 Å². The zero-order valence-corrected chi connectivity index (χ0v) is 12.3. The molecule has 0 amide bonds. The standard InChI is InChI=1S/C13H16N2O2S2/c1-2-8-19(16,17)15-9-11-4-3-6-14-13(11)12-5-7-18-10-12/h3-7,10,15H,2,8-9H2,1H3. The minimum Gasteiger partial charge on any atom is -0.256 e. The van der Waals surface area contributed by atoms with Crippen molar-refractivity contribution in [2.24, 2.45) is 0 Å². The molecule has 1 N–H and O–H groups in total. The van der Waals surface area contributed by atoms with Crippen LogP contribution in [0.4, 0.5) is 0 Å². The van der Waals surface area contributed by atoms with Crippen molar-refractivity contribution in [1.29, 1.82) is 0 Å². The second kappa shape index (κ2) is 6.27. The van der Waals surface area contributed by atoms with Crippen molar-refractivity contribution in [1.82, 2.24) is 9.71 Å². The van der Waals surface area contributed by atoms with Gasteiger partial charge >= 0.3 is 0 Å². The van der Waals surface area contributed by atoms with E-state index < -0.39 is 10.0 Å². The summed E-state index contributed by atoms with van der Waals surface area (Å²) in [7, 11) is -3.19. The van der Waals surface area contributed by atoms with Crippen molar-refractivity contribution in [3.63, 3.8) is 0 Å². The first-order valence-electron chi connectivity index (χ1n) is 6.06. The summed E-state index contributed by atoms with van der Waals surface area (Å²) in [5, 5.41) is 3.99. The van der Waals surface area contributed by atoms with Crippen LogP contribution in [-0.4, -0.2) is 19.2 Å². The summed E-state index contributed by atoms with van der Waals surface area (Å²) in [5.74, 6) is 0.154. The lowest BCUT2D eigenvalue weighted by molar-refractivity contribution is 0.580. The summed E-state index contributed by atoms with van der Waals surface area (Å²) in [4.78, 5) is 4.34. The topological polar surface area (TPSA) is 59.1 Å². The van der Waals surface area contributed by atoms with Gasteiger partial charge < -0.3 is 0 Å². The molecule has 0 bridgehead atoms. The van der Waals surface area contributed by atoms with Crippen LogP contribution in [0, 0.1) is 0 Å². The number of thiophene rings is 1. The third-order valence-electron chi connectivity index (χ3n) is 2.64. The van der Waals surface area contributed by atoms with Gasteiger partial charge in [-0.05, 0) is 29.5 Å². The van der Waals surface area contributed by atoms with Gasteiger partial charge in [-0.15, -0.1) is 0 Å². The number of sulfonamides is 1. The molecule has 0 saturated heterocycles. The molecule has 0 unspecified atom stereocenters. The first-order chi connectivity index (χ1) is 9.12. The van der Waals surface area contributed by atoms with Crippen LogP contribution < -0.4 is 4.72 Å². The van der Waals surface area contributed by atoms with Crippen LogP contribution in [0.25, 0.3) is 11.3 Å². The Bertz CT molecular complexity index is 622. The highest BCUT2D eigenvalue weighted by molar-refractivity contribution is 7.89. The van der Waals surface area contributed by atoms with Gasteiger partial charge in [-0.25, -0.2) is 13.1 Å². The lowest BCUT2D eigenvalue weighted by Gasteiger charge is -2.09. The second-order valence-corrected chi connectivity index (χ2v) is 6.87. The molecule has 19 heavy (non-hydrogen) atoms. The molecule has 4 nitrogen and oxygen atoms in total. The highest BCUT2D eigenvalue weighted by Crippen LogP contribution is 2.23. The Morgan fingerprint density at radius 1 is 1.37 bits per heavy atom. The molecule has 0 aliphatic heterocycles. The van der Waals surface area contributed by atoms with E-state index in [1.165, 1.54) is 0 Å². The molecule has 0 atom stereocenters. The highest BCUT2D eigenvalue weighted by atomic mass is 32.2. The predicted octanol–water partition coefficient (Wildman–Crippen LogP) is 2.64. The maximum Gasteiger partial charge on any atom is 0.211 e. The van der Waals surface area contributed by atoms with Crippen molar-refractivity contribution in [3.05, 3.63) is 40.7 Å². The van der Waals surface area contributed by atoms with E-state index in [1.807, 2.05) is 35.9 Å². The normalized spacial score (nSPS) is 11.6. The first kappa shape index (κ1) is 14.2. The largest absolute Gasteiger partial charge is 0.256 e. The van der Waals surface area contributed by atoms with E-state index in [4.69, 9.17) is 0 Å². The maximum absolute atomic E-state index is 11.7. The van der Waals surface area contributed by atoms with Crippen LogP contribution >= 0.6 is 11.3 Å². The van der Waals surface area contributed by atoms with Gasteiger partial charge in [-0.1, -0.05) is 13.0 Å². The summed E-state index contributed by atoms with van der Waals surface area (Å²) >= 11 is 1.60. The molecule has 0 aromatic carbocycles. The third kappa shape index (κ3) is 3.86. The van der Waals surface area contributed by atoms with Crippen molar-refractivity contribution in [3.8, 4) is 11.3 Å². The van der Waals surface area contributed by atoms with E-state index in [0.29, 0.717) is 6.42 Å². The lowest BCUT2D eigenvalue weighted by atomic mass is 10.1. The number of nitrogens with zero attached hydrogens (tertiary/aromatic N) is 1. The fourth-order valence-corrected chi connectivity index (χ4v) is 3.47. The highest BCUT2D eigenvalue weighted by Gasteiger charge is 2.11. The van der Waals surface area contributed by atoms with Crippen LogP contribution in [-0.2, 0) is 16.6 Å². The number of aromatic nitrogens is 1. The van der Waals surface area contributed by atoms with E-state index in [2.05, 4.69) is 9.71 Å². The van der Waals surface area contributed by atoms with Gasteiger partial charge in [0.15, 0.2) is 0 Å². The number of pyridine rings is 1. The van der Waals surface area contributed by atoms with E-state index in [1.54, 1.807) is 17.5 Å². The van der Waals surface area contributed by atoms with Gasteiger partial charge in [0, 0.05) is 23.7 Å². The van der Waals surface area contributed by atoms with Crippen molar-refractivity contribution in [2.75, 3.05) is 5.75 Å². The Kier molecular flexibility index (Phi) is 4.68. The first-order valence-corrected chi connectivity index (χ1v) is 8.65. The summed E-state index contributed by atoms with van der Waals surface area (Å²) < 4.78 is 26.0. The fraction of sp³-hybridized carbons (Fsp3) is 0.308. The fourth-order valence-electron chi connectivity index (χ4n) is 1.77. The Morgan fingerprint density at radius 2 is 2.21 bits per heavy atom. The van der Waals surface area contributed by atoms with Crippen LogP contribution in [0.1, 0.15) is 18.9 Å². The summed E-state index contributed by atoms with van der Waals surface area (Å²) in [5.41, 5.74) is 2.75. The van der Waals surface area contributed by atoms with Gasteiger partial charge in [-0.3, -0.25) is 4.98 Å². The number of hydrogen-bond donors (Lipinski definition) is 1. The number of nitrogens with one attached hydrogen (secondary N) is 1. The molecule has 0 spiro atoms. The molecule has 6 heteroatoms. The summed E-state index contributed by atoms with van der Waals surface area (Å²) in [6.45, 7) is 2.13. The van der Waals surface area contributed by atoms with Crippen LogP contribution in [0.3, 0.4) is 0 Å². The van der Waals surface area contributed by atoms with Crippen LogP contribution in [0.5, 0.6) is 0 Å². The average Bonchev–Trinajstić information content (AvgIpc) is 2.90. The molecule has 2 aromatic rings. The summed E-state index contributed by atoms with van der Waals surface area (Å²) in [6, 6.07) is 5.70. The SMILES string of the molecule is CCCS(=O)(=O)NCc1cccnc1-c1ccsc1. The van der Waals surface area contributed by atoms with Crippen LogP contribution in [0.2, 0.25) is 0 Å². The number of rotatable bonds is 6. The molecule has 0 aliphatic rings. The van der Waals surface area contributed by atoms with Gasteiger partial charge in [0.05, 0.1) is 11.4 Å². The number of hydrogen-bond acceptors (Lipinski definition) is 4. The summed E-state index contributed by atoms with van der Waals surface area (Å²) in [6.07, 6.45) is 2.33. The van der Waals surface area contributed by atoms with Crippen molar-refractivity contribution in [2.45, 2.75) is 19.9 Å². The Hall–Kier alpha value is -1.24. The Morgan fingerprint density at radius 3 is 2.89 bits per heavy atom. The molecular formula is C13H16N2O2S2. The molecule has 2 aromatic heterocycles. The van der Waals surface area contributed by atoms with E-state index in [0.717, 1.165) is 16.8 Å². The smallest absolute Gasteiger partial charge is 0.211 e. The minimum atomic E-state index is -3.19. The molecule has 2 rings (SSSR count). The molecular weight excluding hydrogens is 280 g/mol. The molecule has 0 aliphatic carbocycles. The second-order valence-electron chi connectivity index (χ2n) is 4.16. The zero-order chi connectivity index (χ0) is 13.7. The average molecular weight is 296 g/mol. The van der Waals surface area contributed by atoms with Gasteiger partial charge in [0.1, 0.15) is 0 Å². The molecule has 102 valence electrons. The minimum absolute atomic E-state index is 0.154.